The van der Waals surface area contributed by atoms with E-state index < -0.39 is 5.82 Å². The zero-order valence-electron chi connectivity index (χ0n) is 11.8. The van der Waals surface area contributed by atoms with Crippen molar-refractivity contribution in [3.05, 3.63) is 50.5 Å². The number of ketones is 1. The standard InChI is InChI=1S/C15H15BrClFN2O/c1-3-12-15(17)13(20(4-2)19-12)8-14(21)10-7-9(18)5-6-11(10)16/h5-7H,3-4,8H2,1-2H3. The second-order valence-electron chi connectivity index (χ2n) is 4.60. The van der Waals surface area contributed by atoms with Crippen LogP contribution in [-0.4, -0.2) is 15.6 Å². The Morgan fingerprint density at radius 1 is 1.43 bits per heavy atom. The summed E-state index contributed by atoms with van der Waals surface area (Å²) in [4.78, 5) is 12.4. The summed E-state index contributed by atoms with van der Waals surface area (Å²) in [5.74, 6) is -0.633. The van der Waals surface area contributed by atoms with E-state index in [-0.39, 0.29) is 12.2 Å². The molecule has 0 saturated carbocycles. The first-order valence-electron chi connectivity index (χ1n) is 6.70. The van der Waals surface area contributed by atoms with Crippen molar-refractivity contribution in [2.75, 3.05) is 0 Å². The third-order valence-corrected chi connectivity index (χ3v) is 4.38. The number of carbonyl (C=O) groups is 1. The van der Waals surface area contributed by atoms with E-state index in [9.17, 15) is 9.18 Å². The zero-order valence-corrected chi connectivity index (χ0v) is 14.1. The van der Waals surface area contributed by atoms with Crippen LogP contribution in [0.3, 0.4) is 0 Å². The zero-order chi connectivity index (χ0) is 15.6. The van der Waals surface area contributed by atoms with E-state index in [1.807, 2.05) is 13.8 Å². The number of nitrogens with zero attached hydrogens (tertiary/aromatic N) is 2. The van der Waals surface area contributed by atoms with E-state index in [0.29, 0.717) is 33.7 Å². The van der Waals surface area contributed by atoms with Gasteiger partial charge in [-0.05, 0) is 31.5 Å². The summed E-state index contributed by atoms with van der Waals surface area (Å²) in [5, 5.41) is 4.91. The third-order valence-electron chi connectivity index (χ3n) is 3.25. The molecule has 0 atom stereocenters. The molecule has 0 aliphatic carbocycles. The van der Waals surface area contributed by atoms with E-state index in [2.05, 4.69) is 21.0 Å². The molecular formula is C15H15BrClFN2O. The summed E-state index contributed by atoms with van der Waals surface area (Å²) in [6.45, 7) is 4.53. The van der Waals surface area contributed by atoms with Gasteiger partial charge in [-0.25, -0.2) is 4.39 Å². The Morgan fingerprint density at radius 3 is 2.76 bits per heavy atom. The molecule has 1 aromatic heterocycles. The minimum atomic E-state index is -0.439. The summed E-state index contributed by atoms with van der Waals surface area (Å²) < 4.78 is 15.6. The first kappa shape index (κ1) is 16.2. The minimum Gasteiger partial charge on any atom is -0.294 e. The van der Waals surface area contributed by atoms with Crippen LogP contribution in [0.5, 0.6) is 0 Å². The monoisotopic (exact) mass is 372 g/mol. The molecule has 6 heteroatoms. The number of halogens is 3. The Kier molecular flexibility index (Phi) is 5.17. The Hall–Kier alpha value is -1.20. The number of benzene rings is 1. The predicted octanol–water partition coefficient (Wildman–Crippen LogP) is 4.45. The average Bonchev–Trinajstić information content (AvgIpc) is 2.77. The molecule has 0 fully saturated rings. The number of hydrogen-bond acceptors (Lipinski definition) is 2. The van der Waals surface area contributed by atoms with Crippen LogP contribution in [0.25, 0.3) is 0 Å². The molecule has 0 unspecified atom stereocenters. The molecule has 3 nitrogen and oxygen atoms in total. The number of aromatic nitrogens is 2. The van der Waals surface area contributed by atoms with Crippen LogP contribution >= 0.6 is 27.5 Å². The smallest absolute Gasteiger partial charge is 0.170 e. The van der Waals surface area contributed by atoms with Crippen LogP contribution in [0, 0.1) is 5.82 Å². The van der Waals surface area contributed by atoms with Crippen LogP contribution < -0.4 is 0 Å². The molecule has 21 heavy (non-hydrogen) atoms. The fraction of sp³-hybridized carbons (Fsp3) is 0.333. The van der Waals surface area contributed by atoms with E-state index in [0.717, 1.165) is 5.69 Å². The van der Waals surface area contributed by atoms with Gasteiger partial charge in [-0.1, -0.05) is 34.5 Å². The van der Waals surface area contributed by atoms with Crippen molar-refractivity contribution in [1.29, 1.82) is 0 Å². The van der Waals surface area contributed by atoms with Crippen LogP contribution in [-0.2, 0) is 19.4 Å². The summed E-state index contributed by atoms with van der Waals surface area (Å²) in [5.41, 5.74) is 1.77. The Labute approximate surface area is 136 Å². The lowest BCUT2D eigenvalue weighted by Gasteiger charge is -2.07. The van der Waals surface area contributed by atoms with Gasteiger partial charge in [0.1, 0.15) is 5.82 Å². The first-order valence-corrected chi connectivity index (χ1v) is 7.87. The molecule has 112 valence electrons. The lowest BCUT2D eigenvalue weighted by molar-refractivity contribution is 0.0989. The second-order valence-corrected chi connectivity index (χ2v) is 5.83. The van der Waals surface area contributed by atoms with Gasteiger partial charge in [-0.3, -0.25) is 9.48 Å². The van der Waals surface area contributed by atoms with Crippen molar-refractivity contribution in [2.45, 2.75) is 33.2 Å². The molecule has 2 rings (SSSR count). The van der Waals surface area contributed by atoms with Crippen molar-refractivity contribution < 1.29 is 9.18 Å². The van der Waals surface area contributed by atoms with Crippen LogP contribution in [0.2, 0.25) is 5.02 Å². The number of rotatable bonds is 5. The predicted molar refractivity (Wildman–Crippen MR) is 84.4 cm³/mol. The average molecular weight is 374 g/mol. The van der Waals surface area contributed by atoms with Crippen molar-refractivity contribution in [3.8, 4) is 0 Å². The number of Topliss-reactive ketones (excluding diaryl/α,β-unsaturated/α-hetero) is 1. The quantitative estimate of drug-likeness (QED) is 0.726. The third kappa shape index (κ3) is 3.35. The topological polar surface area (TPSA) is 34.9 Å². The van der Waals surface area contributed by atoms with Gasteiger partial charge >= 0.3 is 0 Å². The van der Waals surface area contributed by atoms with Gasteiger partial charge in [0.25, 0.3) is 0 Å². The molecule has 0 spiro atoms. The van der Waals surface area contributed by atoms with Gasteiger partial charge in [0.15, 0.2) is 5.78 Å². The Morgan fingerprint density at radius 2 is 2.14 bits per heavy atom. The van der Waals surface area contributed by atoms with E-state index in [1.54, 1.807) is 4.68 Å². The fourth-order valence-electron chi connectivity index (χ4n) is 2.14. The number of aryl methyl sites for hydroxylation is 2. The highest BCUT2D eigenvalue weighted by atomic mass is 79.9. The van der Waals surface area contributed by atoms with Crippen LogP contribution in [0.15, 0.2) is 22.7 Å². The molecule has 2 aromatic rings. The molecular weight excluding hydrogens is 359 g/mol. The highest BCUT2D eigenvalue weighted by Gasteiger charge is 2.19. The maximum Gasteiger partial charge on any atom is 0.170 e. The normalized spacial score (nSPS) is 10.9. The maximum atomic E-state index is 13.3. The summed E-state index contributed by atoms with van der Waals surface area (Å²) in [7, 11) is 0. The molecule has 1 aromatic carbocycles. The number of carbonyl (C=O) groups excluding carboxylic acids is 1. The molecule has 1 heterocycles. The molecule has 0 amide bonds. The van der Waals surface area contributed by atoms with Gasteiger partial charge in [-0.15, -0.1) is 0 Å². The highest BCUT2D eigenvalue weighted by molar-refractivity contribution is 9.10. The van der Waals surface area contributed by atoms with Crippen molar-refractivity contribution >= 4 is 33.3 Å². The molecule has 0 bridgehead atoms. The Bertz CT molecular complexity index is 685. The highest BCUT2D eigenvalue weighted by Crippen LogP contribution is 2.25. The maximum absolute atomic E-state index is 13.3. The fourth-order valence-corrected chi connectivity index (χ4v) is 2.95. The Balaban J connectivity index is 2.35. The molecule has 0 saturated heterocycles. The van der Waals surface area contributed by atoms with Crippen molar-refractivity contribution in [1.82, 2.24) is 9.78 Å². The first-order chi connectivity index (χ1) is 9.97. The van der Waals surface area contributed by atoms with E-state index in [1.165, 1.54) is 18.2 Å². The summed E-state index contributed by atoms with van der Waals surface area (Å²) in [6.07, 6.45) is 0.804. The van der Waals surface area contributed by atoms with E-state index >= 15 is 0 Å². The molecule has 0 aliphatic heterocycles. The lowest BCUT2D eigenvalue weighted by atomic mass is 10.1. The molecule has 0 radical (unpaired) electrons. The van der Waals surface area contributed by atoms with Crippen molar-refractivity contribution in [3.63, 3.8) is 0 Å². The number of hydrogen-bond donors (Lipinski definition) is 0. The minimum absolute atomic E-state index is 0.0989. The second kappa shape index (κ2) is 6.71. The lowest BCUT2D eigenvalue weighted by Crippen LogP contribution is -2.11. The molecule has 0 aliphatic rings. The van der Waals surface area contributed by atoms with Crippen molar-refractivity contribution in [2.24, 2.45) is 0 Å². The van der Waals surface area contributed by atoms with E-state index in [4.69, 9.17) is 11.6 Å². The SMILES string of the molecule is CCc1nn(CC)c(CC(=O)c2cc(F)ccc2Br)c1Cl. The largest absolute Gasteiger partial charge is 0.294 e. The van der Waals surface area contributed by atoms with Gasteiger partial charge in [0.2, 0.25) is 0 Å². The van der Waals surface area contributed by atoms with Gasteiger partial charge in [-0.2, -0.15) is 5.10 Å². The summed E-state index contributed by atoms with van der Waals surface area (Å²) >= 11 is 9.56. The summed E-state index contributed by atoms with van der Waals surface area (Å²) in [6, 6.07) is 4.06. The van der Waals surface area contributed by atoms with Gasteiger partial charge < -0.3 is 0 Å². The van der Waals surface area contributed by atoms with Gasteiger partial charge in [0, 0.05) is 16.6 Å². The van der Waals surface area contributed by atoms with Crippen LogP contribution in [0.4, 0.5) is 4.39 Å². The molecule has 0 N–H and O–H groups in total. The van der Waals surface area contributed by atoms with Gasteiger partial charge in [0.05, 0.1) is 22.8 Å². The van der Waals surface area contributed by atoms with Crippen LogP contribution in [0.1, 0.15) is 35.6 Å².